The topological polar surface area (TPSA) is 29.3 Å². The Kier molecular flexibility index (Phi) is 4.87. The largest absolute Gasteiger partial charge is 0.326 e. The molecule has 0 radical (unpaired) electrons. The first-order valence-corrected chi connectivity index (χ1v) is 7.92. The van der Waals surface area contributed by atoms with E-state index in [9.17, 15) is 0 Å². The number of hydrogen-bond donors (Lipinski definition) is 1. The Morgan fingerprint density at radius 3 is 2.25 bits per heavy atom. The lowest BCUT2D eigenvalue weighted by molar-refractivity contribution is 0.0568. The molecule has 1 aliphatic carbocycles. The molecule has 112 valence electrons. The number of nitrogens with zero attached hydrogens (tertiary/aromatic N) is 1. The molecule has 1 unspecified atom stereocenters. The summed E-state index contributed by atoms with van der Waals surface area (Å²) in [5.41, 5.74) is 9.52. The van der Waals surface area contributed by atoms with E-state index in [1.54, 1.807) is 0 Å². The van der Waals surface area contributed by atoms with Crippen LogP contribution in [0.15, 0.2) is 24.3 Å². The van der Waals surface area contributed by atoms with Crippen molar-refractivity contribution >= 4 is 0 Å². The van der Waals surface area contributed by atoms with Gasteiger partial charge in [-0.05, 0) is 64.6 Å². The lowest BCUT2D eigenvalue weighted by Crippen LogP contribution is -2.59. The molecule has 0 saturated heterocycles. The van der Waals surface area contributed by atoms with Crippen molar-refractivity contribution in [2.24, 2.45) is 11.7 Å². The second-order valence-corrected chi connectivity index (χ2v) is 6.98. The summed E-state index contributed by atoms with van der Waals surface area (Å²) in [5, 5.41) is 0. The van der Waals surface area contributed by atoms with Crippen LogP contribution in [0.3, 0.4) is 0 Å². The van der Waals surface area contributed by atoms with E-state index < -0.39 is 0 Å². The molecule has 1 atom stereocenters. The van der Waals surface area contributed by atoms with Gasteiger partial charge in [0.05, 0.1) is 0 Å². The molecule has 0 bridgehead atoms. The van der Waals surface area contributed by atoms with Crippen LogP contribution in [-0.2, 0) is 6.42 Å². The maximum atomic E-state index is 6.66. The van der Waals surface area contributed by atoms with Gasteiger partial charge >= 0.3 is 0 Å². The lowest BCUT2D eigenvalue weighted by atomic mass is 9.71. The molecule has 1 aromatic carbocycles. The molecule has 2 nitrogen and oxygen atoms in total. The van der Waals surface area contributed by atoms with Gasteiger partial charge in [-0.2, -0.15) is 0 Å². The second-order valence-electron chi connectivity index (χ2n) is 6.98. The summed E-state index contributed by atoms with van der Waals surface area (Å²) < 4.78 is 0. The smallest absolute Gasteiger partial charge is 0.0357 e. The molecule has 2 N–H and O–H groups in total. The van der Waals surface area contributed by atoms with Gasteiger partial charge in [0, 0.05) is 11.6 Å². The Bertz CT molecular complexity index is 414. The number of rotatable bonds is 4. The normalized spacial score (nSPS) is 28.6. The number of nitrogens with two attached hydrogens (primary N) is 1. The quantitative estimate of drug-likeness (QED) is 0.912. The molecule has 20 heavy (non-hydrogen) atoms. The molecular formula is C18H30N2. The molecule has 1 aliphatic rings. The standard InChI is InChI=1S/C18H30N2/c1-14-5-7-16(8-6-14)13-17(19)18(20(3)4)11-9-15(2)10-12-18/h5-8,15,17H,9-13,19H2,1-4H3. The van der Waals surface area contributed by atoms with Gasteiger partial charge in [-0.1, -0.05) is 36.8 Å². The van der Waals surface area contributed by atoms with Crippen molar-refractivity contribution in [2.45, 2.75) is 57.5 Å². The Balaban J connectivity index is 2.11. The fraction of sp³-hybridized carbons (Fsp3) is 0.667. The van der Waals surface area contributed by atoms with Crippen LogP contribution in [-0.4, -0.2) is 30.6 Å². The Morgan fingerprint density at radius 1 is 1.20 bits per heavy atom. The van der Waals surface area contributed by atoms with Crippen molar-refractivity contribution in [3.8, 4) is 0 Å². The van der Waals surface area contributed by atoms with Gasteiger partial charge < -0.3 is 10.6 Å². The maximum Gasteiger partial charge on any atom is 0.0357 e. The molecule has 0 amide bonds. The van der Waals surface area contributed by atoms with Crippen LogP contribution in [0.5, 0.6) is 0 Å². The van der Waals surface area contributed by atoms with E-state index in [-0.39, 0.29) is 11.6 Å². The van der Waals surface area contributed by atoms with Crippen molar-refractivity contribution in [3.63, 3.8) is 0 Å². The summed E-state index contributed by atoms with van der Waals surface area (Å²) in [6, 6.07) is 9.04. The van der Waals surface area contributed by atoms with Crippen molar-refractivity contribution in [1.82, 2.24) is 4.90 Å². The minimum Gasteiger partial charge on any atom is -0.326 e. The summed E-state index contributed by atoms with van der Waals surface area (Å²) in [5.74, 6) is 0.856. The second kappa shape index (κ2) is 6.28. The van der Waals surface area contributed by atoms with Gasteiger partial charge in [0.2, 0.25) is 0 Å². The number of benzene rings is 1. The number of likely N-dealkylation sites (N-methyl/N-ethyl adjacent to an activating group) is 1. The molecule has 0 aliphatic heterocycles. The van der Waals surface area contributed by atoms with Crippen molar-refractivity contribution in [3.05, 3.63) is 35.4 Å². The Morgan fingerprint density at radius 2 is 1.75 bits per heavy atom. The zero-order valence-electron chi connectivity index (χ0n) is 13.5. The van der Waals surface area contributed by atoms with Crippen molar-refractivity contribution in [1.29, 1.82) is 0 Å². The van der Waals surface area contributed by atoms with E-state index >= 15 is 0 Å². The first-order chi connectivity index (χ1) is 9.44. The van der Waals surface area contributed by atoms with E-state index in [1.165, 1.54) is 36.8 Å². The minimum absolute atomic E-state index is 0.178. The van der Waals surface area contributed by atoms with Gasteiger partial charge in [-0.25, -0.2) is 0 Å². The lowest BCUT2D eigenvalue weighted by Gasteiger charge is -2.48. The first-order valence-electron chi connectivity index (χ1n) is 7.92. The zero-order valence-corrected chi connectivity index (χ0v) is 13.5. The third kappa shape index (κ3) is 3.24. The number of aryl methyl sites for hydroxylation is 1. The van der Waals surface area contributed by atoms with Gasteiger partial charge in [-0.15, -0.1) is 0 Å². The summed E-state index contributed by atoms with van der Waals surface area (Å²) in [6.45, 7) is 4.50. The van der Waals surface area contributed by atoms with Gasteiger partial charge in [-0.3, -0.25) is 0 Å². The van der Waals surface area contributed by atoms with E-state index in [0.29, 0.717) is 0 Å². The average molecular weight is 274 g/mol. The van der Waals surface area contributed by atoms with Crippen LogP contribution >= 0.6 is 0 Å². The SMILES string of the molecule is Cc1ccc(CC(N)C2(N(C)C)CCC(C)CC2)cc1. The third-order valence-electron chi connectivity index (χ3n) is 5.30. The van der Waals surface area contributed by atoms with E-state index in [1.807, 2.05) is 0 Å². The monoisotopic (exact) mass is 274 g/mol. The van der Waals surface area contributed by atoms with Crippen LogP contribution in [0, 0.1) is 12.8 Å². The summed E-state index contributed by atoms with van der Waals surface area (Å²) in [6.07, 6.45) is 6.05. The van der Waals surface area contributed by atoms with Crippen molar-refractivity contribution in [2.75, 3.05) is 14.1 Å². The zero-order chi connectivity index (χ0) is 14.8. The molecule has 0 aromatic heterocycles. The summed E-state index contributed by atoms with van der Waals surface area (Å²) >= 11 is 0. The molecule has 1 saturated carbocycles. The van der Waals surface area contributed by atoms with E-state index in [2.05, 4.69) is 57.1 Å². The van der Waals surface area contributed by atoms with Crippen LogP contribution in [0.2, 0.25) is 0 Å². The maximum absolute atomic E-state index is 6.66. The minimum atomic E-state index is 0.178. The van der Waals surface area contributed by atoms with Crippen LogP contribution in [0.4, 0.5) is 0 Å². The fourth-order valence-electron chi connectivity index (χ4n) is 3.58. The van der Waals surface area contributed by atoms with E-state index in [4.69, 9.17) is 5.73 Å². The Hall–Kier alpha value is -0.860. The molecule has 1 aromatic rings. The molecule has 0 heterocycles. The molecule has 2 heteroatoms. The predicted molar refractivity (Wildman–Crippen MR) is 86.9 cm³/mol. The van der Waals surface area contributed by atoms with Crippen LogP contribution < -0.4 is 5.73 Å². The summed E-state index contributed by atoms with van der Waals surface area (Å²) in [4.78, 5) is 2.39. The molecule has 1 fully saturated rings. The number of hydrogen-bond acceptors (Lipinski definition) is 2. The molecule has 2 rings (SSSR count). The first kappa shape index (κ1) is 15.5. The highest BCUT2D eigenvalue weighted by atomic mass is 15.2. The van der Waals surface area contributed by atoms with Crippen LogP contribution in [0.25, 0.3) is 0 Å². The van der Waals surface area contributed by atoms with E-state index in [0.717, 1.165) is 12.3 Å². The highest BCUT2D eigenvalue weighted by Crippen LogP contribution is 2.37. The van der Waals surface area contributed by atoms with Gasteiger partial charge in [0.1, 0.15) is 0 Å². The van der Waals surface area contributed by atoms with Gasteiger partial charge in [0.25, 0.3) is 0 Å². The van der Waals surface area contributed by atoms with Crippen LogP contribution in [0.1, 0.15) is 43.7 Å². The van der Waals surface area contributed by atoms with Crippen molar-refractivity contribution < 1.29 is 0 Å². The highest BCUT2D eigenvalue weighted by molar-refractivity contribution is 5.23. The predicted octanol–water partition coefficient (Wildman–Crippen LogP) is 3.38. The Labute approximate surface area is 124 Å². The average Bonchev–Trinajstić information content (AvgIpc) is 2.42. The fourth-order valence-corrected chi connectivity index (χ4v) is 3.58. The third-order valence-corrected chi connectivity index (χ3v) is 5.30. The summed E-state index contributed by atoms with van der Waals surface area (Å²) in [7, 11) is 4.40. The molecular weight excluding hydrogens is 244 g/mol. The highest BCUT2D eigenvalue weighted by Gasteiger charge is 2.41. The molecule has 0 spiro atoms. The van der Waals surface area contributed by atoms with Gasteiger partial charge in [0.15, 0.2) is 0 Å².